The predicted octanol–water partition coefficient (Wildman–Crippen LogP) is 6.82. The highest BCUT2D eigenvalue weighted by atomic mass is 16.3. The van der Waals surface area contributed by atoms with Gasteiger partial charge in [0.05, 0.1) is 24.1 Å². The maximum Gasteiger partial charge on any atom is 0.228 e. The molecule has 40 heavy (non-hydrogen) atoms. The number of hydrogen-bond donors (Lipinski definition) is 2. The van der Waals surface area contributed by atoms with Crippen LogP contribution in [0.3, 0.4) is 0 Å². The number of nitrogens with zero attached hydrogens (tertiary/aromatic N) is 2. The molecule has 1 saturated carbocycles. The van der Waals surface area contributed by atoms with Gasteiger partial charge in [-0.05, 0) is 61.4 Å². The van der Waals surface area contributed by atoms with Crippen LogP contribution < -0.4 is 5.32 Å². The number of nitrogens with one attached hydrogen (secondary N) is 1. The standard InChI is InChI=1S/C35H37N3O2/c1-23-20-24(2)38-32-15-9-8-14-29(32)30(34(38)36-23)21-25-16-18-28(19-17-25)33(27-12-6-7-13-27)35(40)37-31(22-39)26-10-4-3-5-11-26/h3-5,8-11,14-20,27,31,33,39H,6-7,12-13,21-22H2,1-2H3,(H,37,40)/t31-,33-/m0/s1. The third-order valence-corrected chi connectivity index (χ3v) is 8.58. The van der Waals surface area contributed by atoms with Gasteiger partial charge >= 0.3 is 0 Å². The summed E-state index contributed by atoms with van der Waals surface area (Å²) in [5.74, 6) is 0.0926. The van der Waals surface area contributed by atoms with E-state index in [2.05, 4.69) is 78.2 Å². The summed E-state index contributed by atoms with van der Waals surface area (Å²) in [6, 6.07) is 28.6. The zero-order chi connectivity index (χ0) is 27.6. The van der Waals surface area contributed by atoms with E-state index in [1.54, 1.807) is 0 Å². The van der Waals surface area contributed by atoms with E-state index in [1.807, 2.05) is 30.3 Å². The van der Waals surface area contributed by atoms with Gasteiger partial charge < -0.3 is 10.4 Å². The summed E-state index contributed by atoms with van der Waals surface area (Å²) in [5, 5.41) is 14.5. The first-order valence-electron chi connectivity index (χ1n) is 14.4. The van der Waals surface area contributed by atoms with Crippen molar-refractivity contribution in [3.05, 3.63) is 119 Å². The molecule has 204 valence electrons. The molecule has 0 spiro atoms. The van der Waals surface area contributed by atoms with Gasteiger partial charge in [-0.2, -0.15) is 0 Å². The number of aryl methyl sites for hydroxylation is 2. The van der Waals surface area contributed by atoms with E-state index >= 15 is 0 Å². The molecule has 0 saturated heterocycles. The number of carbonyl (C=O) groups is 1. The molecule has 5 aromatic rings. The molecule has 6 rings (SSSR count). The second kappa shape index (κ2) is 11.3. The van der Waals surface area contributed by atoms with Crippen LogP contribution in [0.2, 0.25) is 0 Å². The zero-order valence-electron chi connectivity index (χ0n) is 23.3. The second-order valence-corrected chi connectivity index (χ2v) is 11.3. The molecule has 0 aliphatic heterocycles. The molecule has 5 heteroatoms. The van der Waals surface area contributed by atoms with E-state index in [-0.39, 0.29) is 18.4 Å². The summed E-state index contributed by atoms with van der Waals surface area (Å²) in [7, 11) is 0. The van der Waals surface area contributed by atoms with Gasteiger partial charge in [0.2, 0.25) is 5.91 Å². The summed E-state index contributed by atoms with van der Waals surface area (Å²) in [4.78, 5) is 18.7. The highest BCUT2D eigenvalue weighted by Gasteiger charge is 2.33. The lowest BCUT2D eigenvalue weighted by molar-refractivity contribution is -0.124. The predicted molar refractivity (Wildman–Crippen MR) is 161 cm³/mol. The van der Waals surface area contributed by atoms with Crippen molar-refractivity contribution in [2.75, 3.05) is 6.61 Å². The smallest absolute Gasteiger partial charge is 0.228 e. The monoisotopic (exact) mass is 531 g/mol. The van der Waals surface area contributed by atoms with Crippen LogP contribution in [-0.4, -0.2) is 27.0 Å². The lowest BCUT2D eigenvalue weighted by Gasteiger charge is -2.26. The number of aliphatic hydroxyl groups excluding tert-OH is 1. The lowest BCUT2D eigenvalue weighted by Crippen LogP contribution is -2.37. The average molecular weight is 532 g/mol. The Kier molecular flexibility index (Phi) is 7.40. The number of rotatable bonds is 8. The van der Waals surface area contributed by atoms with Crippen molar-refractivity contribution in [1.29, 1.82) is 0 Å². The van der Waals surface area contributed by atoms with Crippen LogP contribution in [0.25, 0.3) is 16.6 Å². The molecule has 0 unspecified atom stereocenters. The maximum atomic E-state index is 13.7. The third kappa shape index (κ3) is 5.02. The fraction of sp³-hybridized carbons (Fsp3) is 0.314. The number of para-hydroxylation sites is 1. The van der Waals surface area contributed by atoms with Crippen LogP contribution in [0, 0.1) is 19.8 Å². The molecule has 2 atom stereocenters. The van der Waals surface area contributed by atoms with Crippen LogP contribution in [-0.2, 0) is 11.2 Å². The Bertz CT molecular complexity index is 1630. The maximum absolute atomic E-state index is 13.7. The SMILES string of the molecule is Cc1cc(C)n2c(n1)c(Cc1ccc([C@@H](C(=O)N[C@@H](CO)c3ccccc3)C3CCCC3)cc1)c1ccccc12. The molecule has 2 aromatic heterocycles. The number of aliphatic hydroxyl groups is 1. The zero-order valence-corrected chi connectivity index (χ0v) is 23.3. The van der Waals surface area contributed by atoms with Crippen LogP contribution >= 0.6 is 0 Å². The van der Waals surface area contributed by atoms with Crippen LogP contribution in [0.1, 0.15) is 71.3 Å². The van der Waals surface area contributed by atoms with Crippen molar-refractivity contribution >= 4 is 22.5 Å². The lowest BCUT2D eigenvalue weighted by atomic mass is 9.83. The molecule has 0 bridgehead atoms. The van der Waals surface area contributed by atoms with E-state index in [0.717, 1.165) is 54.6 Å². The van der Waals surface area contributed by atoms with Gasteiger partial charge in [0.1, 0.15) is 5.65 Å². The molecule has 2 heterocycles. The molecular formula is C35H37N3O2. The molecule has 2 N–H and O–H groups in total. The van der Waals surface area contributed by atoms with Crippen molar-refractivity contribution in [1.82, 2.24) is 14.7 Å². The Hall–Kier alpha value is -3.96. The number of amides is 1. The van der Waals surface area contributed by atoms with E-state index in [0.29, 0.717) is 5.92 Å². The van der Waals surface area contributed by atoms with Crippen molar-refractivity contribution in [3.8, 4) is 0 Å². The molecule has 3 aromatic carbocycles. The second-order valence-electron chi connectivity index (χ2n) is 11.3. The highest BCUT2D eigenvalue weighted by Crippen LogP contribution is 2.38. The topological polar surface area (TPSA) is 66.6 Å². The summed E-state index contributed by atoms with van der Waals surface area (Å²) < 4.78 is 2.26. The summed E-state index contributed by atoms with van der Waals surface area (Å²) in [6.45, 7) is 4.06. The molecule has 5 nitrogen and oxygen atoms in total. The van der Waals surface area contributed by atoms with E-state index in [1.165, 1.54) is 27.7 Å². The number of carbonyl (C=O) groups excluding carboxylic acids is 1. The van der Waals surface area contributed by atoms with Gasteiger partial charge in [0.25, 0.3) is 0 Å². The molecule has 1 aliphatic rings. The van der Waals surface area contributed by atoms with E-state index < -0.39 is 6.04 Å². The Morgan fingerprint density at radius 2 is 1.65 bits per heavy atom. The number of fused-ring (bicyclic) bond motifs is 3. The van der Waals surface area contributed by atoms with Gasteiger partial charge in [0, 0.05) is 28.8 Å². The first-order valence-corrected chi connectivity index (χ1v) is 14.4. The van der Waals surface area contributed by atoms with Crippen LogP contribution in [0.15, 0.2) is 84.9 Å². The fourth-order valence-corrected chi connectivity index (χ4v) is 6.66. The quantitative estimate of drug-likeness (QED) is 0.231. The minimum Gasteiger partial charge on any atom is -0.394 e. The van der Waals surface area contributed by atoms with Gasteiger partial charge in [-0.1, -0.05) is 85.6 Å². The molecule has 1 fully saturated rings. The van der Waals surface area contributed by atoms with E-state index in [9.17, 15) is 9.90 Å². The van der Waals surface area contributed by atoms with Crippen molar-refractivity contribution < 1.29 is 9.90 Å². The van der Waals surface area contributed by atoms with Crippen molar-refractivity contribution in [3.63, 3.8) is 0 Å². The van der Waals surface area contributed by atoms with Gasteiger partial charge in [0.15, 0.2) is 0 Å². The Labute approximate surface area is 235 Å². The normalized spacial score (nSPS) is 15.5. The van der Waals surface area contributed by atoms with Crippen molar-refractivity contribution in [2.45, 2.75) is 57.9 Å². The van der Waals surface area contributed by atoms with E-state index in [4.69, 9.17) is 4.98 Å². The molecule has 1 aliphatic carbocycles. The Morgan fingerprint density at radius 1 is 0.950 bits per heavy atom. The first kappa shape index (κ1) is 26.3. The molecule has 0 radical (unpaired) electrons. The summed E-state index contributed by atoms with van der Waals surface area (Å²) >= 11 is 0. The number of aromatic nitrogens is 2. The van der Waals surface area contributed by atoms with Gasteiger partial charge in [-0.15, -0.1) is 0 Å². The Morgan fingerprint density at radius 3 is 2.38 bits per heavy atom. The summed E-state index contributed by atoms with van der Waals surface area (Å²) in [6.07, 6.45) is 5.21. The largest absolute Gasteiger partial charge is 0.394 e. The average Bonchev–Trinajstić information content (AvgIpc) is 3.60. The highest BCUT2D eigenvalue weighted by molar-refractivity contribution is 5.91. The van der Waals surface area contributed by atoms with Crippen molar-refractivity contribution in [2.24, 2.45) is 5.92 Å². The minimum atomic E-state index is -0.410. The van der Waals surface area contributed by atoms with Gasteiger partial charge in [-0.3, -0.25) is 9.20 Å². The minimum absolute atomic E-state index is 0.00197. The Balaban J connectivity index is 1.30. The van der Waals surface area contributed by atoms with Gasteiger partial charge in [-0.25, -0.2) is 4.98 Å². The first-order chi connectivity index (χ1) is 19.5. The number of benzene rings is 3. The molecular weight excluding hydrogens is 494 g/mol. The summed E-state index contributed by atoms with van der Waals surface area (Å²) in [5.41, 5.74) is 8.80. The third-order valence-electron chi connectivity index (χ3n) is 8.58. The fourth-order valence-electron chi connectivity index (χ4n) is 6.66. The van der Waals surface area contributed by atoms with Crippen LogP contribution in [0.5, 0.6) is 0 Å². The van der Waals surface area contributed by atoms with Crippen LogP contribution in [0.4, 0.5) is 0 Å². The number of hydrogen-bond acceptors (Lipinski definition) is 3. The molecule has 1 amide bonds.